The predicted octanol–water partition coefficient (Wildman–Crippen LogP) is 5.89. The van der Waals surface area contributed by atoms with Crippen LogP contribution in [-0.4, -0.2) is 40.5 Å². The number of hydrogen-bond acceptors (Lipinski definition) is 6. The Hall–Kier alpha value is -4.26. The van der Waals surface area contributed by atoms with Gasteiger partial charge in [0.2, 0.25) is 0 Å². The van der Waals surface area contributed by atoms with Crippen molar-refractivity contribution >= 4 is 28.6 Å². The molecule has 0 amide bonds. The van der Waals surface area contributed by atoms with Crippen molar-refractivity contribution in [1.82, 2.24) is 9.55 Å². The minimum Gasteiger partial charge on any atom is -0.465 e. The van der Waals surface area contributed by atoms with Gasteiger partial charge in [0.25, 0.3) is 0 Å². The van der Waals surface area contributed by atoms with Gasteiger partial charge in [-0.15, -0.1) is 0 Å². The van der Waals surface area contributed by atoms with Gasteiger partial charge in [-0.2, -0.15) is 0 Å². The van der Waals surface area contributed by atoms with E-state index in [1.165, 1.54) is 0 Å². The van der Waals surface area contributed by atoms with E-state index < -0.39 is 17.9 Å². The fourth-order valence-corrected chi connectivity index (χ4v) is 4.62. The van der Waals surface area contributed by atoms with Crippen LogP contribution in [0.5, 0.6) is 0 Å². The summed E-state index contributed by atoms with van der Waals surface area (Å²) in [6.07, 6.45) is 2.64. The van der Waals surface area contributed by atoms with Crippen LogP contribution >= 0.6 is 0 Å². The van der Waals surface area contributed by atoms with Crippen molar-refractivity contribution in [1.29, 1.82) is 0 Å². The van der Waals surface area contributed by atoms with Crippen LogP contribution in [0.3, 0.4) is 0 Å². The van der Waals surface area contributed by atoms with E-state index in [0.717, 1.165) is 16.5 Å². The lowest BCUT2D eigenvalue weighted by molar-refractivity contribution is -0.156. The second-order valence-corrected chi connectivity index (χ2v) is 8.47. The van der Waals surface area contributed by atoms with Crippen LogP contribution in [0, 0.1) is 0 Å². The quantitative estimate of drug-likeness (QED) is 0.154. The maximum absolute atomic E-state index is 13.7. The normalized spacial score (nSPS) is 11.0. The van der Waals surface area contributed by atoms with Crippen LogP contribution in [0.1, 0.15) is 55.6 Å². The molecule has 7 heteroatoms. The molecule has 0 unspecified atom stereocenters. The highest BCUT2D eigenvalue weighted by molar-refractivity contribution is 6.14. The summed E-state index contributed by atoms with van der Waals surface area (Å²) < 4.78 is 12.4. The van der Waals surface area contributed by atoms with Crippen molar-refractivity contribution in [3.63, 3.8) is 0 Å². The fourth-order valence-electron chi connectivity index (χ4n) is 4.62. The van der Waals surface area contributed by atoms with E-state index in [0.29, 0.717) is 35.4 Å². The molecule has 2 heterocycles. The number of carbonyl (C=O) groups excluding carboxylic acids is 3. The molecule has 0 spiro atoms. The number of ether oxygens (including phenoxy) is 2. The topological polar surface area (TPSA) is 87.5 Å². The third kappa shape index (κ3) is 5.03. The molecule has 4 rings (SSSR count). The largest absolute Gasteiger partial charge is 0.465 e. The molecule has 0 atom stereocenters. The molecule has 4 aromatic rings. The number of Topliss-reactive ketones (excluding diaryl/α,β-unsaturated/α-hetero) is 1. The van der Waals surface area contributed by atoms with Gasteiger partial charge in [0.1, 0.15) is 5.82 Å². The average molecular weight is 499 g/mol. The Kier molecular flexibility index (Phi) is 8.13. The van der Waals surface area contributed by atoms with Crippen LogP contribution in [-0.2, 0) is 19.1 Å². The summed E-state index contributed by atoms with van der Waals surface area (Å²) in [6.45, 7) is 5.55. The first-order chi connectivity index (χ1) is 18.0. The van der Waals surface area contributed by atoms with Crippen LogP contribution < -0.4 is 0 Å². The molecule has 2 aromatic heterocycles. The minimum absolute atomic E-state index is 0.0574. The van der Waals surface area contributed by atoms with E-state index in [1.54, 1.807) is 48.9 Å². The lowest BCUT2D eigenvalue weighted by atomic mass is 9.94. The van der Waals surface area contributed by atoms with Gasteiger partial charge in [0.05, 0.1) is 24.4 Å². The van der Waals surface area contributed by atoms with E-state index >= 15 is 0 Å². The molecule has 0 aliphatic heterocycles. The van der Waals surface area contributed by atoms with Crippen LogP contribution in [0.25, 0.3) is 27.8 Å². The van der Waals surface area contributed by atoms with Crippen molar-refractivity contribution in [3.8, 4) is 16.9 Å². The minimum atomic E-state index is -1.32. The van der Waals surface area contributed by atoms with Gasteiger partial charge in [0, 0.05) is 29.1 Å². The molecule has 7 nitrogen and oxygen atoms in total. The van der Waals surface area contributed by atoms with Crippen molar-refractivity contribution < 1.29 is 23.9 Å². The number of pyridine rings is 1. The SMILES string of the molecule is CCCC(=O)c1c(-c2ccccc2)c2cccc(C(C(=O)OCC)C(=O)OCC)c2n1-c1ccccn1. The number of para-hydroxylation sites is 1. The number of esters is 2. The number of hydrogen-bond donors (Lipinski definition) is 0. The summed E-state index contributed by atoms with van der Waals surface area (Å²) in [6, 6.07) is 20.5. The monoisotopic (exact) mass is 498 g/mol. The second kappa shape index (κ2) is 11.6. The van der Waals surface area contributed by atoms with E-state index in [1.807, 2.05) is 49.4 Å². The standard InChI is InChI=1S/C30H30N2O5/c1-4-13-23(33)28-25(20-14-8-7-9-15-20)21-16-12-17-22(26(29(34)36-5-2)30(35)37-6-3)27(21)32(28)24-18-10-11-19-31-24/h7-12,14-19,26H,4-6,13H2,1-3H3. The summed E-state index contributed by atoms with van der Waals surface area (Å²) >= 11 is 0. The van der Waals surface area contributed by atoms with Gasteiger partial charge in [0.15, 0.2) is 11.7 Å². The summed E-state index contributed by atoms with van der Waals surface area (Å²) in [5.74, 6) is -2.28. The lowest BCUT2D eigenvalue weighted by Gasteiger charge is -2.18. The number of carbonyl (C=O) groups is 3. The third-order valence-electron chi connectivity index (χ3n) is 6.06. The van der Waals surface area contributed by atoms with Gasteiger partial charge in [-0.1, -0.05) is 61.5 Å². The summed E-state index contributed by atoms with van der Waals surface area (Å²) in [4.78, 5) is 44.5. The van der Waals surface area contributed by atoms with E-state index in [9.17, 15) is 14.4 Å². The summed E-state index contributed by atoms with van der Waals surface area (Å²) in [7, 11) is 0. The Bertz CT molecular complexity index is 1390. The van der Waals surface area contributed by atoms with Gasteiger partial charge in [-0.05, 0) is 38.0 Å². The fraction of sp³-hybridized carbons (Fsp3) is 0.267. The molecule has 0 N–H and O–H groups in total. The number of rotatable bonds is 10. The highest BCUT2D eigenvalue weighted by Gasteiger charge is 2.36. The third-order valence-corrected chi connectivity index (χ3v) is 6.06. The molecule has 0 saturated heterocycles. The van der Waals surface area contributed by atoms with Crippen molar-refractivity contribution in [2.75, 3.05) is 13.2 Å². The number of nitrogens with zero attached hydrogens (tertiary/aromatic N) is 2. The Morgan fingerprint density at radius 1 is 0.838 bits per heavy atom. The van der Waals surface area contributed by atoms with Crippen LogP contribution in [0.15, 0.2) is 72.9 Å². The lowest BCUT2D eigenvalue weighted by Crippen LogP contribution is -2.27. The molecule has 190 valence electrons. The molecule has 0 fully saturated rings. The molecule has 0 bridgehead atoms. The molecule has 2 aromatic carbocycles. The molecular formula is C30H30N2O5. The first-order valence-corrected chi connectivity index (χ1v) is 12.5. The van der Waals surface area contributed by atoms with Gasteiger partial charge >= 0.3 is 11.9 Å². The predicted molar refractivity (Wildman–Crippen MR) is 142 cm³/mol. The number of fused-ring (bicyclic) bond motifs is 1. The molecule has 0 aliphatic rings. The molecular weight excluding hydrogens is 468 g/mol. The van der Waals surface area contributed by atoms with Gasteiger partial charge < -0.3 is 9.47 Å². The highest BCUT2D eigenvalue weighted by atomic mass is 16.6. The number of ketones is 1. The zero-order chi connectivity index (χ0) is 26.4. The number of benzene rings is 2. The van der Waals surface area contributed by atoms with Crippen LogP contribution in [0.4, 0.5) is 0 Å². The summed E-state index contributed by atoms with van der Waals surface area (Å²) in [5, 5.41) is 0.729. The molecule has 37 heavy (non-hydrogen) atoms. The Labute approximate surface area is 216 Å². The number of aromatic nitrogens is 2. The smallest absolute Gasteiger partial charge is 0.324 e. The van der Waals surface area contributed by atoms with Crippen LogP contribution in [0.2, 0.25) is 0 Å². The first-order valence-electron chi connectivity index (χ1n) is 12.5. The summed E-state index contributed by atoms with van der Waals surface area (Å²) in [5.41, 5.74) is 2.98. The van der Waals surface area contributed by atoms with Crippen molar-refractivity contribution in [2.45, 2.75) is 39.5 Å². The molecule has 0 aliphatic carbocycles. The molecule has 0 saturated carbocycles. The molecule has 0 radical (unpaired) electrons. The van der Waals surface area contributed by atoms with Gasteiger partial charge in [-0.3, -0.25) is 19.0 Å². The Morgan fingerprint density at radius 2 is 1.51 bits per heavy atom. The highest BCUT2D eigenvalue weighted by Crippen LogP contribution is 2.41. The second-order valence-electron chi connectivity index (χ2n) is 8.47. The van der Waals surface area contributed by atoms with E-state index in [2.05, 4.69) is 4.98 Å². The van der Waals surface area contributed by atoms with E-state index in [-0.39, 0.29) is 19.0 Å². The Morgan fingerprint density at radius 3 is 2.11 bits per heavy atom. The van der Waals surface area contributed by atoms with Crippen molar-refractivity contribution in [2.24, 2.45) is 0 Å². The maximum atomic E-state index is 13.7. The zero-order valence-electron chi connectivity index (χ0n) is 21.3. The van der Waals surface area contributed by atoms with Crippen molar-refractivity contribution in [3.05, 3.63) is 84.2 Å². The first kappa shape index (κ1) is 25.8. The average Bonchev–Trinajstić information content (AvgIpc) is 3.26. The maximum Gasteiger partial charge on any atom is 0.324 e. The zero-order valence-corrected chi connectivity index (χ0v) is 21.3. The Balaban J connectivity index is 2.17. The van der Waals surface area contributed by atoms with Gasteiger partial charge in [-0.25, -0.2) is 4.98 Å². The van der Waals surface area contributed by atoms with E-state index in [4.69, 9.17) is 9.47 Å².